The minimum absolute atomic E-state index is 0.632. The third kappa shape index (κ3) is 4.63. The lowest BCUT2D eigenvalue weighted by Crippen LogP contribution is -2.60. The van der Waals surface area contributed by atoms with Gasteiger partial charge >= 0.3 is 11.9 Å². The molecular weight excluding hydrogens is 266 g/mol. The lowest BCUT2D eigenvalue weighted by atomic mass is 9.83. The quantitative estimate of drug-likeness (QED) is 0.349. The summed E-state index contributed by atoms with van der Waals surface area (Å²) in [7, 11) is 0. The fraction of sp³-hybridized carbons (Fsp3) is 0.583. The third-order valence-corrected chi connectivity index (χ3v) is 3.10. The molecule has 0 heterocycles. The molecule has 0 bridgehead atoms. The van der Waals surface area contributed by atoms with Crippen molar-refractivity contribution in [3.05, 3.63) is 12.7 Å². The van der Waals surface area contributed by atoms with Gasteiger partial charge in [-0.05, 0) is 19.9 Å². The van der Waals surface area contributed by atoms with Crippen LogP contribution in [-0.2, 0) is 14.4 Å². The second kappa shape index (κ2) is 7.61. The Bertz CT molecular complexity index is 397. The number of amides is 1. The summed E-state index contributed by atoms with van der Waals surface area (Å²) in [4.78, 5) is 33.6. The van der Waals surface area contributed by atoms with Gasteiger partial charge in [-0.15, -0.1) is 0 Å². The van der Waals surface area contributed by atoms with Gasteiger partial charge < -0.3 is 27.0 Å². The molecule has 8 heteroatoms. The average Bonchev–Trinajstić information content (AvgIpc) is 2.33. The molecule has 7 N–H and O–H groups in total. The predicted octanol–water partition coefficient (Wildman–Crippen LogP) is -1.25. The second-order valence-corrected chi connectivity index (χ2v) is 4.67. The van der Waals surface area contributed by atoms with Crippen LogP contribution in [0.2, 0.25) is 0 Å². The fourth-order valence-corrected chi connectivity index (χ4v) is 1.89. The fourth-order valence-electron chi connectivity index (χ4n) is 1.89. The van der Waals surface area contributed by atoms with Crippen LogP contribution in [0.3, 0.4) is 0 Å². The van der Waals surface area contributed by atoms with E-state index in [1.54, 1.807) is 0 Å². The van der Waals surface area contributed by atoms with Crippen LogP contribution < -0.4 is 16.8 Å². The van der Waals surface area contributed by atoms with Crippen molar-refractivity contribution in [1.82, 2.24) is 5.32 Å². The number of nitrogens with two attached hydrogens (primary N) is 2. The molecule has 5 atom stereocenters. The maximum absolute atomic E-state index is 11.4. The Balaban J connectivity index is 5.37. The van der Waals surface area contributed by atoms with Crippen LogP contribution in [0.15, 0.2) is 12.7 Å². The Hall–Kier alpha value is -1.93. The number of carbonyl (C=O) groups excluding carboxylic acids is 1. The van der Waals surface area contributed by atoms with Crippen molar-refractivity contribution in [3.63, 3.8) is 0 Å². The zero-order chi connectivity index (χ0) is 16.0. The molecule has 0 aliphatic carbocycles. The Kier molecular flexibility index (Phi) is 6.87. The smallest absolute Gasteiger partial charge is 0.309 e. The third-order valence-electron chi connectivity index (χ3n) is 3.10. The van der Waals surface area contributed by atoms with Crippen LogP contribution in [0, 0.1) is 11.8 Å². The summed E-state index contributed by atoms with van der Waals surface area (Å²) in [6.07, 6.45) is 0.954. The number of carbonyl (C=O) groups is 3. The van der Waals surface area contributed by atoms with Gasteiger partial charge in [0.15, 0.2) is 0 Å². The van der Waals surface area contributed by atoms with Gasteiger partial charge in [-0.1, -0.05) is 6.58 Å². The van der Waals surface area contributed by atoms with Crippen molar-refractivity contribution in [1.29, 1.82) is 0 Å². The van der Waals surface area contributed by atoms with Gasteiger partial charge in [0, 0.05) is 12.1 Å². The molecule has 0 aromatic carbocycles. The Morgan fingerprint density at radius 3 is 1.95 bits per heavy atom. The topological polar surface area (TPSA) is 156 Å². The monoisotopic (exact) mass is 287 g/mol. The first kappa shape index (κ1) is 18.1. The Morgan fingerprint density at radius 2 is 1.65 bits per heavy atom. The molecule has 0 aromatic rings. The van der Waals surface area contributed by atoms with E-state index >= 15 is 0 Å². The van der Waals surface area contributed by atoms with E-state index in [-0.39, 0.29) is 0 Å². The van der Waals surface area contributed by atoms with Crippen molar-refractivity contribution in [3.8, 4) is 0 Å². The maximum Gasteiger partial charge on any atom is 0.309 e. The molecule has 0 saturated carbocycles. The van der Waals surface area contributed by atoms with Gasteiger partial charge in [-0.2, -0.15) is 0 Å². The summed E-state index contributed by atoms with van der Waals surface area (Å²) in [6.45, 7) is 6.04. The molecule has 1 amide bonds. The largest absolute Gasteiger partial charge is 0.481 e. The van der Waals surface area contributed by atoms with Crippen molar-refractivity contribution < 1.29 is 24.6 Å². The van der Waals surface area contributed by atoms with Crippen molar-refractivity contribution in [2.45, 2.75) is 32.0 Å². The number of carboxylic acids is 2. The Labute approximate surface area is 116 Å². The molecule has 0 saturated heterocycles. The highest BCUT2D eigenvalue weighted by molar-refractivity contribution is 5.88. The number of nitrogens with one attached hydrogen (secondary N) is 1. The van der Waals surface area contributed by atoms with Crippen LogP contribution in [0.1, 0.15) is 13.8 Å². The van der Waals surface area contributed by atoms with Crippen LogP contribution in [0.5, 0.6) is 0 Å². The Morgan fingerprint density at radius 1 is 1.15 bits per heavy atom. The molecule has 114 valence electrons. The normalized spacial score (nSPS) is 18.2. The maximum atomic E-state index is 11.4. The zero-order valence-electron chi connectivity index (χ0n) is 11.4. The summed E-state index contributed by atoms with van der Waals surface area (Å²) >= 11 is 0. The summed E-state index contributed by atoms with van der Waals surface area (Å²) in [6, 6.07) is -3.03. The molecule has 0 fully saturated rings. The number of aliphatic carboxylic acids is 2. The predicted molar refractivity (Wildman–Crippen MR) is 71.7 cm³/mol. The van der Waals surface area contributed by atoms with E-state index in [0.717, 1.165) is 6.08 Å². The minimum Gasteiger partial charge on any atom is -0.481 e. The number of rotatable bonds is 8. The van der Waals surface area contributed by atoms with E-state index in [2.05, 4.69) is 11.9 Å². The van der Waals surface area contributed by atoms with E-state index in [4.69, 9.17) is 21.7 Å². The van der Waals surface area contributed by atoms with E-state index < -0.39 is 47.8 Å². The number of hydrogen-bond donors (Lipinski definition) is 5. The van der Waals surface area contributed by atoms with Crippen molar-refractivity contribution >= 4 is 17.8 Å². The molecule has 0 aliphatic rings. The first-order valence-electron chi connectivity index (χ1n) is 6.03. The first-order chi connectivity index (χ1) is 9.13. The standard InChI is InChI=1S/C12H21N3O5/c1-4-7(16)15-10(5(2)11(17)18)9(14)8(6(3)13)12(19)20/h4-6,8-10H,1,13-14H2,2-3H3,(H,15,16)(H,17,18)(H,19,20). The van der Waals surface area contributed by atoms with Crippen LogP contribution in [0.4, 0.5) is 0 Å². The summed E-state index contributed by atoms with van der Waals surface area (Å²) in [5.74, 6) is -5.35. The molecule has 0 radical (unpaired) electrons. The molecule has 20 heavy (non-hydrogen) atoms. The van der Waals surface area contributed by atoms with E-state index in [0.29, 0.717) is 0 Å². The molecule has 8 nitrogen and oxygen atoms in total. The minimum atomic E-state index is -1.25. The SMILES string of the molecule is C=CC(=O)NC(C(C)C(=O)O)C(N)C(C(=O)O)C(C)N. The summed E-state index contributed by atoms with van der Waals surface area (Å²) in [5.41, 5.74) is 11.4. The molecule has 0 aliphatic heterocycles. The van der Waals surface area contributed by atoms with Gasteiger partial charge in [-0.25, -0.2) is 0 Å². The summed E-state index contributed by atoms with van der Waals surface area (Å²) < 4.78 is 0. The number of hydrogen-bond acceptors (Lipinski definition) is 5. The summed E-state index contributed by atoms with van der Waals surface area (Å²) in [5, 5.41) is 20.5. The van der Waals surface area contributed by atoms with Crippen LogP contribution in [0.25, 0.3) is 0 Å². The van der Waals surface area contributed by atoms with E-state index in [1.807, 2.05) is 0 Å². The second-order valence-electron chi connectivity index (χ2n) is 4.67. The lowest BCUT2D eigenvalue weighted by molar-refractivity contribution is -0.147. The highest BCUT2D eigenvalue weighted by Gasteiger charge is 2.39. The molecule has 0 aromatic heterocycles. The van der Waals surface area contributed by atoms with Crippen LogP contribution >= 0.6 is 0 Å². The zero-order valence-corrected chi connectivity index (χ0v) is 11.4. The lowest BCUT2D eigenvalue weighted by Gasteiger charge is -2.33. The molecule has 5 unspecified atom stereocenters. The molecular formula is C12H21N3O5. The van der Waals surface area contributed by atoms with Gasteiger partial charge in [0.2, 0.25) is 5.91 Å². The van der Waals surface area contributed by atoms with Crippen LogP contribution in [-0.4, -0.2) is 46.2 Å². The highest BCUT2D eigenvalue weighted by atomic mass is 16.4. The van der Waals surface area contributed by atoms with Gasteiger partial charge in [0.05, 0.1) is 17.9 Å². The van der Waals surface area contributed by atoms with Gasteiger partial charge in [0.1, 0.15) is 0 Å². The average molecular weight is 287 g/mol. The van der Waals surface area contributed by atoms with Gasteiger partial charge in [0.25, 0.3) is 0 Å². The van der Waals surface area contributed by atoms with Crippen molar-refractivity contribution in [2.24, 2.45) is 23.3 Å². The first-order valence-corrected chi connectivity index (χ1v) is 6.03. The van der Waals surface area contributed by atoms with E-state index in [9.17, 15) is 14.4 Å². The number of carboxylic acid groups (broad SMARTS) is 2. The molecule has 0 rings (SSSR count). The van der Waals surface area contributed by atoms with Gasteiger partial charge in [-0.3, -0.25) is 14.4 Å². The van der Waals surface area contributed by atoms with Crippen molar-refractivity contribution in [2.75, 3.05) is 0 Å². The van der Waals surface area contributed by atoms with E-state index in [1.165, 1.54) is 13.8 Å². The molecule has 0 spiro atoms. The highest BCUT2D eigenvalue weighted by Crippen LogP contribution is 2.16.